The number of carbonyl (C=O) groups is 2. The van der Waals surface area contributed by atoms with Crippen LogP contribution in [0.2, 0.25) is 0 Å². The third kappa shape index (κ3) is 4.72. The number of nitrogens with one attached hydrogen (secondary N) is 2. The summed E-state index contributed by atoms with van der Waals surface area (Å²) < 4.78 is 4.73. The molecule has 0 saturated carbocycles. The van der Waals surface area contributed by atoms with Crippen LogP contribution < -0.4 is 16.4 Å². The Morgan fingerprint density at radius 2 is 2.33 bits per heavy atom. The van der Waals surface area contributed by atoms with Gasteiger partial charge in [-0.3, -0.25) is 10.1 Å². The molecule has 0 aliphatic heterocycles. The third-order valence-corrected chi connectivity index (χ3v) is 1.47. The summed E-state index contributed by atoms with van der Waals surface area (Å²) in [5.74, 6) is 0.00541. The van der Waals surface area contributed by atoms with E-state index in [2.05, 4.69) is 15.5 Å². The smallest absolute Gasteiger partial charge is 0.318 e. The molecular weight excluding hydrogens is 202 g/mol. The SMILES string of the molecule is NC(=O)NC(=O)CNCCc1ncno1. The number of urea groups is 1. The first kappa shape index (κ1) is 11.1. The molecule has 0 unspecified atom stereocenters. The zero-order chi connectivity index (χ0) is 11.1. The van der Waals surface area contributed by atoms with Crippen molar-refractivity contribution >= 4 is 11.9 Å². The minimum Gasteiger partial charge on any atom is -0.351 e. The van der Waals surface area contributed by atoms with Crippen LogP contribution in [0.4, 0.5) is 4.79 Å². The van der Waals surface area contributed by atoms with E-state index in [1.54, 1.807) is 0 Å². The predicted molar refractivity (Wildman–Crippen MR) is 48.6 cm³/mol. The first-order chi connectivity index (χ1) is 7.18. The van der Waals surface area contributed by atoms with E-state index in [-0.39, 0.29) is 6.54 Å². The molecule has 8 heteroatoms. The molecule has 0 bridgehead atoms. The molecule has 0 spiro atoms. The molecule has 1 aromatic rings. The Balaban J connectivity index is 2.06. The van der Waals surface area contributed by atoms with E-state index < -0.39 is 11.9 Å². The standard InChI is InChI=1S/C7H11N5O3/c8-7(14)12-5(13)3-9-2-1-6-10-4-11-15-6/h4,9H,1-3H2,(H3,8,12,13,14). The molecule has 0 aromatic carbocycles. The molecule has 15 heavy (non-hydrogen) atoms. The number of hydrogen-bond acceptors (Lipinski definition) is 6. The molecular formula is C7H11N5O3. The van der Waals surface area contributed by atoms with Crippen LogP contribution in [0.1, 0.15) is 5.89 Å². The minimum absolute atomic E-state index is 0.0110. The van der Waals surface area contributed by atoms with Gasteiger partial charge in [0, 0.05) is 13.0 Å². The highest BCUT2D eigenvalue weighted by molar-refractivity contribution is 5.94. The van der Waals surface area contributed by atoms with Crippen molar-refractivity contribution in [1.29, 1.82) is 0 Å². The van der Waals surface area contributed by atoms with Gasteiger partial charge in [0.25, 0.3) is 0 Å². The van der Waals surface area contributed by atoms with Gasteiger partial charge < -0.3 is 15.6 Å². The number of hydrogen-bond donors (Lipinski definition) is 3. The first-order valence-electron chi connectivity index (χ1n) is 4.24. The molecule has 0 aliphatic carbocycles. The van der Waals surface area contributed by atoms with E-state index in [4.69, 9.17) is 10.3 Å². The lowest BCUT2D eigenvalue weighted by atomic mass is 10.4. The van der Waals surface area contributed by atoms with Gasteiger partial charge in [0.2, 0.25) is 11.8 Å². The van der Waals surface area contributed by atoms with Crippen molar-refractivity contribution in [2.75, 3.05) is 13.1 Å². The largest absolute Gasteiger partial charge is 0.351 e. The molecule has 0 aliphatic rings. The van der Waals surface area contributed by atoms with Crippen LogP contribution in [0.5, 0.6) is 0 Å². The fourth-order valence-electron chi connectivity index (χ4n) is 0.885. The second-order valence-electron chi connectivity index (χ2n) is 2.67. The maximum absolute atomic E-state index is 10.9. The Morgan fingerprint density at radius 1 is 1.53 bits per heavy atom. The van der Waals surface area contributed by atoms with E-state index >= 15 is 0 Å². The summed E-state index contributed by atoms with van der Waals surface area (Å²) in [5.41, 5.74) is 4.74. The number of nitrogens with two attached hydrogens (primary N) is 1. The van der Waals surface area contributed by atoms with Gasteiger partial charge in [0.1, 0.15) is 0 Å². The lowest BCUT2D eigenvalue weighted by Gasteiger charge is -2.01. The van der Waals surface area contributed by atoms with Crippen molar-refractivity contribution < 1.29 is 14.1 Å². The van der Waals surface area contributed by atoms with E-state index in [0.717, 1.165) is 0 Å². The van der Waals surface area contributed by atoms with E-state index in [0.29, 0.717) is 18.9 Å². The summed E-state index contributed by atoms with van der Waals surface area (Å²) in [6.45, 7) is 0.505. The fourth-order valence-corrected chi connectivity index (χ4v) is 0.885. The second kappa shape index (κ2) is 5.70. The molecule has 3 amide bonds. The summed E-state index contributed by atoms with van der Waals surface area (Å²) in [5, 5.41) is 8.12. The van der Waals surface area contributed by atoms with Crippen molar-refractivity contribution in [1.82, 2.24) is 20.8 Å². The van der Waals surface area contributed by atoms with Crippen molar-refractivity contribution in [2.45, 2.75) is 6.42 Å². The number of nitrogens with zero attached hydrogens (tertiary/aromatic N) is 2. The number of primary amides is 1. The molecule has 0 saturated heterocycles. The summed E-state index contributed by atoms with van der Waals surface area (Å²) in [4.78, 5) is 24.9. The normalized spacial score (nSPS) is 9.87. The Hall–Kier alpha value is -1.96. The van der Waals surface area contributed by atoms with E-state index in [9.17, 15) is 9.59 Å². The van der Waals surface area contributed by atoms with Crippen LogP contribution in [-0.2, 0) is 11.2 Å². The van der Waals surface area contributed by atoms with Crippen LogP contribution in [0.3, 0.4) is 0 Å². The van der Waals surface area contributed by atoms with Crippen molar-refractivity contribution in [3.05, 3.63) is 12.2 Å². The number of rotatable bonds is 5. The lowest BCUT2D eigenvalue weighted by Crippen LogP contribution is -2.40. The van der Waals surface area contributed by atoms with Crippen LogP contribution >= 0.6 is 0 Å². The molecule has 0 atom stereocenters. The van der Waals surface area contributed by atoms with Crippen molar-refractivity contribution in [2.24, 2.45) is 5.73 Å². The summed E-state index contributed by atoms with van der Waals surface area (Å²) in [7, 11) is 0. The molecule has 1 aromatic heterocycles. The summed E-state index contributed by atoms with van der Waals surface area (Å²) >= 11 is 0. The van der Waals surface area contributed by atoms with Gasteiger partial charge in [-0.25, -0.2) is 4.79 Å². The van der Waals surface area contributed by atoms with Gasteiger partial charge in [-0.1, -0.05) is 5.16 Å². The monoisotopic (exact) mass is 213 g/mol. The zero-order valence-corrected chi connectivity index (χ0v) is 7.90. The summed E-state index contributed by atoms with van der Waals surface area (Å²) in [6, 6.07) is -0.862. The van der Waals surface area contributed by atoms with Crippen LogP contribution in [-0.4, -0.2) is 35.2 Å². The molecule has 8 nitrogen and oxygen atoms in total. The van der Waals surface area contributed by atoms with Gasteiger partial charge in [0.15, 0.2) is 6.33 Å². The highest BCUT2D eigenvalue weighted by Gasteiger charge is 2.03. The number of aromatic nitrogens is 2. The van der Waals surface area contributed by atoms with E-state index in [1.807, 2.05) is 5.32 Å². The van der Waals surface area contributed by atoms with Crippen LogP contribution in [0, 0.1) is 0 Å². The Bertz CT molecular complexity index is 323. The topological polar surface area (TPSA) is 123 Å². The highest BCUT2D eigenvalue weighted by atomic mass is 16.5. The average molecular weight is 213 g/mol. The minimum atomic E-state index is -0.862. The maximum atomic E-state index is 10.9. The first-order valence-corrected chi connectivity index (χ1v) is 4.24. The fraction of sp³-hybridized carbons (Fsp3) is 0.429. The Kier molecular flexibility index (Phi) is 4.23. The number of amides is 3. The number of imide groups is 1. The molecule has 1 heterocycles. The van der Waals surface area contributed by atoms with Crippen LogP contribution in [0.25, 0.3) is 0 Å². The van der Waals surface area contributed by atoms with Gasteiger partial charge in [-0.2, -0.15) is 4.98 Å². The Morgan fingerprint density at radius 3 is 2.93 bits per heavy atom. The third-order valence-electron chi connectivity index (χ3n) is 1.47. The van der Waals surface area contributed by atoms with Gasteiger partial charge in [-0.05, 0) is 0 Å². The number of carbonyl (C=O) groups excluding carboxylic acids is 2. The predicted octanol–water partition coefficient (Wildman–Crippen LogP) is -1.60. The molecule has 4 N–H and O–H groups in total. The molecule has 0 fully saturated rings. The summed E-state index contributed by atoms with van der Waals surface area (Å²) in [6.07, 6.45) is 1.82. The highest BCUT2D eigenvalue weighted by Crippen LogP contribution is 1.89. The van der Waals surface area contributed by atoms with Gasteiger partial charge in [-0.15, -0.1) is 0 Å². The maximum Gasteiger partial charge on any atom is 0.318 e. The van der Waals surface area contributed by atoms with Crippen molar-refractivity contribution in [3.8, 4) is 0 Å². The molecule has 82 valence electrons. The molecule has 0 radical (unpaired) electrons. The van der Waals surface area contributed by atoms with Gasteiger partial charge in [0.05, 0.1) is 6.54 Å². The lowest BCUT2D eigenvalue weighted by molar-refractivity contribution is -0.119. The van der Waals surface area contributed by atoms with Crippen molar-refractivity contribution in [3.63, 3.8) is 0 Å². The Labute approximate surface area is 85.2 Å². The average Bonchev–Trinajstić information content (AvgIpc) is 2.63. The molecule has 1 rings (SSSR count). The van der Waals surface area contributed by atoms with E-state index in [1.165, 1.54) is 6.33 Å². The quantitative estimate of drug-likeness (QED) is 0.506. The van der Waals surface area contributed by atoms with Crippen LogP contribution in [0.15, 0.2) is 10.9 Å². The zero-order valence-electron chi connectivity index (χ0n) is 7.90. The van der Waals surface area contributed by atoms with Gasteiger partial charge >= 0.3 is 6.03 Å². The second-order valence-corrected chi connectivity index (χ2v) is 2.67.